The molecule has 0 N–H and O–H groups in total. The number of hydrogen-bond acceptors (Lipinski definition) is 4. The molecule has 0 saturated carbocycles. The molecule has 4 nitrogen and oxygen atoms in total. The van der Waals surface area contributed by atoms with Gasteiger partial charge < -0.3 is 9.47 Å². The Morgan fingerprint density at radius 3 is 2.70 bits per heavy atom. The van der Waals surface area contributed by atoms with Gasteiger partial charge in [0.05, 0.1) is 29.5 Å². The molecule has 0 aliphatic carbocycles. The van der Waals surface area contributed by atoms with Crippen LogP contribution in [0.25, 0.3) is 0 Å². The van der Waals surface area contributed by atoms with Crippen molar-refractivity contribution in [2.24, 2.45) is 5.92 Å². The van der Waals surface area contributed by atoms with E-state index in [-0.39, 0.29) is 23.9 Å². The lowest BCUT2D eigenvalue weighted by Gasteiger charge is -2.21. The monoisotopic (exact) mass is 296 g/mol. The highest BCUT2D eigenvalue weighted by atomic mass is 32.2. The number of ether oxygens (including phenoxy) is 2. The minimum Gasteiger partial charge on any atom is -0.379 e. The van der Waals surface area contributed by atoms with E-state index >= 15 is 0 Å². The standard InChI is InChI=1S/C15H20O4S/c1-3-7-14-13(15(18-2)10-19-14)11-20(16,17)12-8-5-4-6-9-12/h3-6,8-9,13-15H,1,7,10-11H2,2H3/t13-,14-,15-/m0/s1. The van der Waals surface area contributed by atoms with E-state index in [9.17, 15) is 8.42 Å². The van der Waals surface area contributed by atoms with Crippen molar-refractivity contribution in [3.05, 3.63) is 43.0 Å². The summed E-state index contributed by atoms with van der Waals surface area (Å²) in [6, 6.07) is 8.50. The first-order chi connectivity index (χ1) is 9.58. The first kappa shape index (κ1) is 15.2. The summed E-state index contributed by atoms with van der Waals surface area (Å²) in [5.74, 6) is -0.128. The molecule has 1 fully saturated rings. The molecular weight excluding hydrogens is 276 g/mol. The molecule has 1 aliphatic heterocycles. The first-order valence-corrected chi connectivity index (χ1v) is 8.27. The van der Waals surface area contributed by atoms with Gasteiger partial charge in [0, 0.05) is 13.0 Å². The van der Waals surface area contributed by atoms with Crippen LogP contribution >= 0.6 is 0 Å². The van der Waals surface area contributed by atoms with Crippen LogP contribution in [0, 0.1) is 5.92 Å². The fourth-order valence-corrected chi connectivity index (χ4v) is 4.25. The Kier molecular flexibility index (Phi) is 4.96. The zero-order valence-electron chi connectivity index (χ0n) is 11.6. The Labute approximate surface area is 120 Å². The molecule has 1 heterocycles. The molecule has 0 aromatic heterocycles. The molecule has 0 bridgehead atoms. The van der Waals surface area contributed by atoms with Gasteiger partial charge >= 0.3 is 0 Å². The van der Waals surface area contributed by atoms with E-state index in [2.05, 4.69) is 6.58 Å². The van der Waals surface area contributed by atoms with Gasteiger partial charge in [0.25, 0.3) is 0 Å². The number of rotatable bonds is 6. The number of sulfone groups is 1. The van der Waals surface area contributed by atoms with Crippen LogP contribution in [-0.2, 0) is 19.3 Å². The average molecular weight is 296 g/mol. The molecule has 20 heavy (non-hydrogen) atoms. The minimum absolute atomic E-state index is 0.0357. The van der Waals surface area contributed by atoms with Crippen molar-refractivity contribution < 1.29 is 17.9 Å². The Morgan fingerprint density at radius 2 is 2.10 bits per heavy atom. The highest BCUT2D eigenvalue weighted by Gasteiger charge is 2.39. The topological polar surface area (TPSA) is 52.6 Å². The molecule has 110 valence electrons. The Balaban J connectivity index is 2.19. The normalized spacial score (nSPS) is 26.6. The van der Waals surface area contributed by atoms with Gasteiger partial charge in [0.15, 0.2) is 9.84 Å². The van der Waals surface area contributed by atoms with Gasteiger partial charge in [-0.05, 0) is 18.6 Å². The predicted octanol–water partition coefficient (Wildman–Crippen LogP) is 2.07. The maximum Gasteiger partial charge on any atom is 0.178 e. The van der Waals surface area contributed by atoms with Crippen LogP contribution in [0.2, 0.25) is 0 Å². The van der Waals surface area contributed by atoms with Gasteiger partial charge in [0.1, 0.15) is 0 Å². The minimum atomic E-state index is -3.33. The molecule has 3 atom stereocenters. The maximum absolute atomic E-state index is 12.5. The summed E-state index contributed by atoms with van der Waals surface area (Å²) in [6.45, 7) is 4.13. The highest BCUT2D eigenvalue weighted by molar-refractivity contribution is 7.91. The third kappa shape index (κ3) is 3.29. The van der Waals surface area contributed by atoms with Crippen molar-refractivity contribution in [2.45, 2.75) is 23.5 Å². The lowest BCUT2D eigenvalue weighted by atomic mass is 9.99. The van der Waals surface area contributed by atoms with Crippen molar-refractivity contribution >= 4 is 9.84 Å². The summed E-state index contributed by atoms with van der Waals surface area (Å²) in [7, 11) is -1.74. The van der Waals surface area contributed by atoms with E-state index < -0.39 is 9.84 Å². The van der Waals surface area contributed by atoms with E-state index in [1.54, 1.807) is 43.5 Å². The van der Waals surface area contributed by atoms with Crippen molar-refractivity contribution in [2.75, 3.05) is 19.5 Å². The highest BCUT2D eigenvalue weighted by Crippen LogP contribution is 2.29. The molecule has 0 amide bonds. The summed E-state index contributed by atoms with van der Waals surface area (Å²) in [4.78, 5) is 0.346. The van der Waals surface area contributed by atoms with Gasteiger partial charge in [-0.3, -0.25) is 0 Å². The molecule has 0 radical (unpaired) electrons. The quantitative estimate of drug-likeness (QED) is 0.754. The van der Waals surface area contributed by atoms with Gasteiger partial charge in [-0.25, -0.2) is 8.42 Å². The van der Waals surface area contributed by atoms with Crippen LogP contribution in [0.4, 0.5) is 0 Å². The molecule has 5 heteroatoms. The molecule has 1 aromatic rings. The van der Waals surface area contributed by atoms with Gasteiger partial charge in [-0.15, -0.1) is 6.58 Å². The Bertz CT molecular complexity index is 538. The number of benzene rings is 1. The molecule has 1 aliphatic rings. The van der Waals surface area contributed by atoms with Crippen LogP contribution in [0.3, 0.4) is 0 Å². The zero-order chi connectivity index (χ0) is 14.6. The lowest BCUT2D eigenvalue weighted by molar-refractivity contribution is 0.0655. The van der Waals surface area contributed by atoms with E-state index in [4.69, 9.17) is 9.47 Å². The second kappa shape index (κ2) is 6.52. The van der Waals surface area contributed by atoms with E-state index in [0.717, 1.165) is 0 Å². The van der Waals surface area contributed by atoms with E-state index in [1.807, 2.05) is 0 Å². The van der Waals surface area contributed by atoms with Gasteiger partial charge in [-0.1, -0.05) is 24.3 Å². The van der Waals surface area contributed by atoms with E-state index in [0.29, 0.717) is 17.9 Å². The van der Waals surface area contributed by atoms with Gasteiger partial charge in [0.2, 0.25) is 0 Å². The third-order valence-electron chi connectivity index (χ3n) is 3.65. The SMILES string of the molecule is C=CC[C@@H]1OC[C@H](OC)[C@H]1CS(=O)(=O)c1ccccc1. The summed E-state index contributed by atoms with van der Waals surface area (Å²) in [5, 5.41) is 0. The van der Waals surface area contributed by atoms with Crippen LogP contribution in [-0.4, -0.2) is 40.1 Å². The fraction of sp³-hybridized carbons (Fsp3) is 0.467. The van der Waals surface area contributed by atoms with Crippen LogP contribution in [0.5, 0.6) is 0 Å². The summed E-state index contributed by atoms with van der Waals surface area (Å²) >= 11 is 0. The lowest BCUT2D eigenvalue weighted by Crippen LogP contribution is -2.32. The number of hydrogen-bond donors (Lipinski definition) is 0. The van der Waals surface area contributed by atoms with Crippen LogP contribution in [0.1, 0.15) is 6.42 Å². The van der Waals surface area contributed by atoms with Crippen molar-refractivity contribution in [1.82, 2.24) is 0 Å². The van der Waals surface area contributed by atoms with Crippen molar-refractivity contribution in [3.8, 4) is 0 Å². The molecule has 0 spiro atoms. The largest absolute Gasteiger partial charge is 0.379 e. The summed E-state index contributed by atoms with van der Waals surface area (Å²) < 4.78 is 35.9. The zero-order valence-corrected chi connectivity index (χ0v) is 12.4. The van der Waals surface area contributed by atoms with Gasteiger partial charge in [-0.2, -0.15) is 0 Å². The fourth-order valence-electron chi connectivity index (χ4n) is 2.55. The molecule has 1 aromatic carbocycles. The Morgan fingerprint density at radius 1 is 1.40 bits per heavy atom. The molecule has 1 saturated heterocycles. The predicted molar refractivity (Wildman–Crippen MR) is 77.3 cm³/mol. The molecule has 2 rings (SSSR count). The molecular formula is C15H20O4S. The maximum atomic E-state index is 12.5. The number of methoxy groups -OCH3 is 1. The van der Waals surface area contributed by atoms with Crippen LogP contribution in [0.15, 0.2) is 47.9 Å². The smallest absolute Gasteiger partial charge is 0.178 e. The molecule has 0 unspecified atom stereocenters. The summed E-state index contributed by atoms with van der Waals surface area (Å²) in [6.07, 6.45) is 2.06. The average Bonchev–Trinajstić information content (AvgIpc) is 2.82. The summed E-state index contributed by atoms with van der Waals surface area (Å²) in [5.41, 5.74) is 0. The van der Waals surface area contributed by atoms with Crippen molar-refractivity contribution in [3.63, 3.8) is 0 Å². The van der Waals surface area contributed by atoms with Crippen LogP contribution < -0.4 is 0 Å². The van der Waals surface area contributed by atoms with Crippen molar-refractivity contribution in [1.29, 1.82) is 0 Å². The third-order valence-corrected chi connectivity index (χ3v) is 5.46. The Hall–Kier alpha value is -1.17. The first-order valence-electron chi connectivity index (χ1n) is 6.61. The van der Waals surface area contributed by atoms with E-state index in [1.165, 1.54) is 0 Å². The second-order valence-corrected chi connectivity index (χ2v) is 6.96. The second-order valence-electron chi connectivity index (χ2n) is 4.93.